The number of nitrogens with one attached hydrogen (secondary N) is 1. The molecule has 2 aliphatic heterocycles. The monoisotopic (exact) mass is 512 g/mol. The lowest BCUT2D eigenvalue weighted by molar-refractivity contribution is -0.141. The average Bonchev–Trinajstić information content (AvgIpc) is 3.15. The van der Waals surface area contributed by atoms with Crippen LogP contribution in [0.3, 0.4) is 0 Å². The van der Waals surface area contributed by atoms with E-state index in [0.717, 1.165) is 0 Å². The Bertz CT molecular complexity index is 1050. The van der Waals surface area contributed by atoms with Gasteiger partial charge < -0.3 is 33.9 Å². The lowest BCUT2D eigenvalue weighted by Gasteiger charge is -2.34. The predicted octanol–water partition coefficient (Wildman–Crippen LogP) is 2.85. The second kappa shape index (κ2) is 11.0. The van der Waals surface area contributed by atoms with Gasteiger partial charge >= 0.3 is 12.3 Å². The molecule has 0 radical (unpaired) electrons. The molecule has 0 spiro atoms. The highest BCUT2D eigenvalue weighted by molar-refractivity contribution is 6.03. The van der Waals surface area contributed by atoms with Crippen molar-refractivity contribution in [3.8, 4) is 0 Å². The number of ether oxygens (including phenoxy) is 2. The Balaban J connectivity index is 1.42. The van der Waals surface area contributed by atoms with Crippen molar-refractivity contribution in [1.82, 2.24) is 14.9 Å². The zero-order valence-electron chi connectivity index (χ0n) is 19.7. The molecule has 0 aliphatic carbocycles. The molecule has 0 saturated carbocycles. The Morgan fingerprint density at radius 2 is 1.86 bits per heavy atom. The Hall–Kier alpha value is -3.55. The summed E-state index contributed by atoms with van der Waals surface area (Å²) in [4.78, 5) is 37.5. The number of hydrogen-bond donors (Lipinski definition) is 1. The van der Waals surface area contributed by atoms with E-state index in [1.807, 2.05) is 4.90 Å². The summed E-state index contributed by atoms with van der Waals surface area (Å²) in [5, 5.41) is 2.40. The zero-order valence-corrected chi connectivity index (χ0v) is 19.7. The Kier molecular flexibility index (Phi) is 7.82. The Labute approximate surface area is 205 Å². The van der Waals surface area contributed by atoms with Gasteiger partial charge in [-0.15, -0.1) is 0 Å². The number of oxazole rings is 1. The summed E-state index contributed by atoms with van der Waals surface area (Å²) in [6.45, 7) is 5.57. The van der Waals surface area contributed by atoms with Gasteiger partial charge in [-0.1, -0.05) is 0 Å². The van der Waals surface area contributed by atoms with Crippen LogP contribution in [0.2, 0.25) is 0 Å². The summed E-state index contributed by atoms with van der Waals surface area (Å²) in [6, 6.07) is 2.91. The summed E-state index contributed by atoms with van der Waals surface area (Å²) < 4.78 is 56.4. The number of aromatic nitrogens is 2. The number of alkyl halides is 3. The zero-order chi connectivity index (χ0) is 25.7. The van der Waals surface area contributed by atoms with Crippen LogP contribution < -0.4 is 15.1 Å². The third-order valence-electron chi connectivity index (χ3n) is 5.72. The van der Waals surface area contributed by atoms with Crippen LogP contribution in [-0.2, 0) is 15.7 Å². The van der Waals surface area contributed by atoms with E-state index in [0.29, 0.717) is 71.3 Å². The van der Waals surface area contributed by atoms with E-state index in [4.69, 9.17) is 13.9 Å². The largest absolute Gasteiger partial charge is 0.450 e. The van der Waals surface area contributed by atoms with E-state index in [9.17, 15) is 22.8 Å². The molecule has 0 bridgehead atoms. The number of hydrogen-bond acceptors (Lipinski definition) is 9. The first-order valence-electron chi connectivity index (χ1n) is 11.6. The molecule has 1 N–H and O–H groups in total. The van der Waals surface area contributed by atoms with E-state index in [2.05, 4.69) is 15.3 Å². The van der Waals surface area contributed by atoms with Gasteiger partial charge in [-0.2, -0.15) is 18.2 Å². The number of carbonyl (C=O) groups is 2. The number of anilines is 3. The van der Waals surface area contributed by atoms with Crippen molar-refractivity contribution < 1.29 is 36.7 Å². The van der Waals surface area contributed by atoms with E-state index < -0.39 is 23.5 Å². The fourth-order valence-corrected chi connectivity index (χ4v) is 3.90. The van der Waals surface area contributed by atoms with Gasteiger partial charge in [-0.3, -0.25) is 4.79 Å². The molecule has 2 amide bonds. The first-order valence-corrected chi connectivity index (χ1v) is 11.6. The van der Waals surface area contributed by atoms with Gasteiger partial charge in [0, 0.05) is 45.9 Å². The summed E-state index contributed by atoms with van der Waals surface area (Å²) in [5.74, 6) is -1.38. The van der Waals surface area contributed by atoms with Crippen LogP contribution in [-0.4, -0.2) is 86.0 Å². The quantitative estimate of drug-likeness (QED) is 0.646. The summed E-state index contributed by atoms with van der Waals surface area (Å²) in [7, 11) is 0. The summed E-state index contributed by atoms with van der Waals surface area (Å²) in [5.41, 5.74) is -1.19. The molecule has 0 aromatic carbocycles. The number of carbonyl (C=O) groups excluding carboxylic acids is 2. The number of halogens is 3. The predicted molar refractivity (Wildman–Crippen MR) is 122 cm³/mol. The minimum absolute atomic E-state index is 0.197. The fourth-order valence-electron chi connectivity index (χ4n) is 3.90. The van der Waals surface area contributed by atoms with E-state index in [1.165, 1.54) is 17.2 Å². The van der Waals surface area contributed by atoms with Gasteiger partial charge in [0.05, 0.1) is 25.1 Å². The number of amides is 2. The molecular formula is C22H27F3N6O5. The Morgan fingerprint density at radius 1 is 1.08 bits per heavy atom. The normalized spacial score (nSPS) is 17.1. The number of pyridine rings is 1. The van der Waals surface area contributed by atoms with Crippen molar-refractivity contribution in [3.63, 3.8) is 0 Å². The maximum Gasteiger partial charge on any atom is 0.437 e. The highest BCUT2D eigenvalue weighted by atomic mass is 19.4. The van der Waals surface area contributed by atoms with Crippen molar-refractivity contribution in [2.24, 2.45) is 0 Å². The highest BCUT2D eigenvalue weighted by Crippen LogP contribution is 2.34. The van der Waals surface area contributed by atoms with Crippen LogP contribution in [0.25, 0.3) is 0 Å². The molecule has 2 aromatic heterocycles. The highest BCUT2D eigenvalue weighted by Gasteiger charge is 2.42. The number of nitrogens with zero attached hydrogens (tertiary/aromatic N) is 5. The first kappa shape index (κ1) is 25.5. The molecule has 0 unspecified atom stereocenters. The molecule has 11 nitrogen and oxygen atoms in total. The van der Waals surface area contributed by atoms with Gasteiger partial charge in [0.1, 0.15) is 5.82 Å². The van der Waals surface area contributed by atoms with Gasteiger partial charge in [0.2, 0.25) is 5.76 Å². The molecule has 2 fully saturated rings. The lowest BCUT2D eigenvalue weighted by atomic mass is 10.3. The smallest absolute Gasteiger partial charge is 0.437 e. The summed E-state index contributed by atoms with van der Waals surface area (Å²) in [6.07, 6.45) is -3.28. The van der Waals surface area contributed by atoms with Crippen LogP contribution in [0.15, 0.2) is 22.7 Å². The molecular weight excluding hydrogens is 485 g/mol. The fraction of sp³-hybridized carbons (Fsp3) is 0.545. The third-order valence-corrected chi connectivity index (χ3v) is 5.72. The van der Waals surface area contributed by atoms with Crippen LogP contribution in [0.1, 0.15) is 29.6 Å². The molecule has 2 aliphatic rings. The van der Waals surface area contributed by atoms with Crippen molar-refractivity contribution in [1.29, 1.82) is 0 Å². The second-order valence-electron chi connectivity index (χ2n) is 8.16. The standard InChI is InChI=1S/C22H27F3N6O5/c1-2-35-21(33)31-9-7-29(8-10-31)16-5-4-15(14-26-16)27-19(32)17-18(22(23,24)25)28-20(36-17)30-6-3-12-34-13-11-30/h4-5,14H,2-3,6-13H2,1H3,(H,27,32). The molecule has 4 heterocycles. The van der Waals surface area contributed by atoms with Gasteiger partial charge in [-0.05, 0) is 25.5 Å². The molecule has 2 saturated heterocycles. The molecule has 36 heavy (non-hydrogen) atoms. The summed E-state index contributed by atoms with van der Waals surface area (Å²) >= 11 is 0. The van der Waals surface area contributed by atoms with E-state index >= 15 is 0 Å². The van der Waals surface area contributed by atoms with Crippen molar-refractivity contribution in [3.05, 3.63) is 29.8 Å². The van der Waals surface area contributed by atoms with Gasteiger partial charge in [0.15, 0.2) is 5.69 Å². The minimum atomic E-state index is -4.87. The third kappa shape index (κ3) is 5.98. The molecule has 14 heteroatoms. The number of rotatable bonds is 5. The first-order chi connectivity index (χ1) is 17.3. The molecule has 2 aromatic rings. The molecule has 0 atom stereocenters. The maximum atomic E-state index is 13.6. The van der Waals surface area contributed by atoms with Crippen LogP contribution in [0.4, 0.5) is 35.5 Å². The van der Waals surface area contributed by atoms with E-state index in [-0.39, 0.29) is 17.8 Å². The topological polar surface area (TPSA) is 113 Å². The van der Waals surface area contributed by atoms with Crippen LogP contribution in [0.5, 0.6) is 0 Å². The SMILES string of the molecule is CCOC(=O)N1CCN(c2ccc(NC(=O)c3oc(N4CCCOCC4)nc3C(F)(F)F)cn2)CC1. The minimum Gasteiger partial charge on any atom is -0.450 e. The average molecular weight is 512 g/mol. The molecule has 4 rings (SSSR count). The van der Waals surface area contributed by atoms with Gasteiger partial charge in [0.25, 0.3) is 11.9 Å². The van der Waals surface area contributed by atoms with Crippen molar-refractivity contribution in [2.45, 2.75) is 19.5 Å². The second-order valence-corrected chi connectivity index (χ2v) is 8.16. The molecule has 196 valence electrons. The Morgan fingerprint density at radius 3 is 2.53 bits per heavy atom. The van der Waals surface area contributed by atoms with Crippen molar-refractivity contribution in [2.75, 3.05) is 74.2 Å². The van der Waals surface area contributed by atoms with E-state index in [1.54, 1.807) is 17.9 Å². The van der Waals surface area contributed by atoms with Crippen LogP contribution >= 0.6 is 0 Å². The van der Waals surface area contributed by atoms with Gasteiger partial charge in [-0.25, -0.2) is 9.78 Å². The number of piperazine rings is 1. The lowest BCUT2D eigenvalue weighted by Crippen LogP contribution is -2.49. The van der Waals surface area contributed by atoms with Crippen LogP contribution in [0, 0.1) is 0 Å². The maximum absolute atomic E-state index is 13.6. The van der Waals surface area contributed by atoms with Crippen molar-refractivity contribution >= 4 is 29.5 Å².